The molecular formula is C10H18F3NO. The van der Waals surface area contributed by atoms with Gasteiger partial charge < -0.3 is 10.4 Å². The van der Waals surface area contributed by atoms with E-state index in [-0.39, 0.29) is 6.61 Å². The molecule has 0 bridgehead atoms. The van der Waals surface area contributed by atoms with Gasteiger partial charge in [0.25, 0.3) is 0 Å². The molecule has 2 nitrogen and oxygen atoms in total. The average Bonchev–Trinajstić information content (AvgIpc) is 2.81. The summed E-state index contributed by atoms with van der Waals surface area (Å²) < 4.78 is 36.3. The lowest BCUT2D eigenvalue weighted by Crippen LogP contribution is -2.52. The third-order valence-electron chi connectivity index (χ3n) is 2.92. The molecule has 0 radical (unpaired) electrons. The third kappa shape index (κ3) is 3.99. The number of hydrogen-bond acceptors (Lipinski definition) is 2. The number of rotatable bonds is 5. The molecule has 1 saturated carbocycles. The van der Waals surface area contributed by atoms with Crippen molar-refractivity contribution in [2.24, 2.45) is 5.92 Å². The Labute approximate surface area is 87.9 Å². The molecule has 0 aromatic heterocycles. The first-order valence-corrected chi connectivity index (χ1v) is 5.22. The SMILES string of the molecule is CC(CC(F)(F)F)NC(C)(CO)C1CC1. The summed E-state index contributed by atoms with van der Waals surface area (Å²) in [5.74, 6) is 0.318. The molecule has 0 amide bonds. The summed E-state index contributed by atoms with van der Waals surface area (Å²) in [6, 6.07) is -0.650. The molecule has 0 aromatic rings. The van der Waals surface area contributed by atoms with Gasteiger partial charge in [0.15, 0.2) is 0 Å². The van der Waals surface area contributed by atoms with Gasteiger partial charge in [0.05, 0.1) is 13.0 Å². The summed E-state index contributed by atoms with van der Waals surface area (Å²) in [7, 11) is 0. The van der Waals surface area contributed by atoms with Crippen molar-refractivity contribution in [3.63, 3.8) is 0 Å². The first-order valence-electron chi connectivity index (χ1n) is 5.22. The van der Waals surface area contributed by atoms with Crippen molar-refractivity contribution in [2.75, 3.05) is 6.61 Å². The van der Waals surface area contributed by atoms with Crippen LogP contribution in [0.1, 0.15) is 33.1 Å². The van der Waals surface area contributed by atoms with E-state index in [1.807, 2.05) is 0 Å². The molecule has 2 N–H and O–H groups in total. The van der Waals surface area contributed by atoms with Crippen LogP contribution in [0.5, 0.6) is 0 Å². The van der Waals surface area contributed by atoms with Crippen molar-refractivity contribution in [3.8, 4) is 0 Å². The minimum absolute atomic E-state index is 0.111. The van der Waals surface area contributed by atoms with Crippen LogP contribution in [-0.2, 0) is 0 Å². The molecule has 0 saturated heterocycles. The van der Waals surface area contributed by atoms with E-state index < -0.39 is 24.2 Å². The molecule has 2 unspecified atom stereocenters. The number of aliphatic hydroxyl groups excluding tert-OH is 1. The van der Waals surface area contributed by atoms with E-state index in [4.69, 9.17) is 0 Å². The first-order chi connectivity index (χ1) is 6.77. The molecule has 1 aliphatic rings. The maximum absolute atomic E-state index is 12.1. The standard InChI is InChI=1S/C10H18F3NO/c1-7(5-10(11,12)13)14-9(2,6-15)8-3-4-8/h7-8,14-15H,3-6H2,1-2H3. The third-order valence-corrected chi connectivity index (χ3v) is 2.92. The maximum Gasteiger partial charge on any atom is 0.390 e. The van der Waals surface area contributed by atoms with Crippen molar-refractivity contribution >= 4 is 0 Å². The molecule has 0 heterocycles. The fraction of sp³-hybridized carbons (Fsp3) is 1.00. The van der Waals surface area contributed by atoms with Crippen LogP contribution in [0.25, 0.3) is 0 Å². The van der Waals surface area contributed by atoms with Crippen LogP contribution in [0, 0.1) is 5.92 Å². The van der Waals surface area contributed by atoms with E-state index in [2.05, 4.69) is 5.32 Å². The normalized spacial score (nSPS) is 23.6. The molecule has 1 rings (SSSR count). The summed E-state index contributed by atoms with van der Waals surface area (Å²) in [5, 5.41) is 12.1. The van der Waals surface area contributed by atoms with E-state index in [1.54, 1.807) is 6.92 Å². The number of nitrogens with one attached hydrogen (secondary N) is 1. The topological polar surface area (TPSA) is 32.3 Å². The van der Waals surface area contributed by atoms with Gasteiger partial charge in [-0.1, -0.05) is 0 Å². The average molecular weight is 225 g/mol. The van der Waals surface area contributed by atoms with E-state index in [9.17, 15) is 18.3 Å². The Morgan fingerprint density at radius 3 is 2.27 bits per heavy atom. The predicted octanol–water partition coefficient (Wildman–Crippen LogP) is 2.08. The van der Waals surface area contributed by atoms with Gasteiger partial charge in [0.2, 0.25) is 0 Å². The fourth-order valence-corrected chi connectivity index (χ4v) is 1.97. The lowest BCUT2D eigenvalue weighted by atomic mass is 9.95. The summed E-state index contributed by atoms with van der Waals surface area (Å²) in [6.45, 7) is 3.18. The van der Waals surface area contributed by atoms with E-state index in [0.29, 0.717) is 5.92 Å². The zero-order chi connectivity index (χ0) is 11.7. The summed E-state index contributed by atoms with van der Waals surface area (Å²) >= 11 is 0. The Bertz CT molecular complexity index is 215. The van der Waals surface area contributed by atoms with Gasteiger partial charge in [0, 0.05) is 11.6 Å². The molecule has 0 aliphatic heterocycles. The Balaban J connectivity index is 2.44. The highest BCUT2D eigenvalue weighted by molar-refractivity contribution is 4.98. The van der Waals surface area contributed by atoms with Gasteiger partial charge in [-0.05, 0) is 32.6 Å². The van der Waals surface area contributed by atoms with Crippen LogP contribution in [0.4, 0.5) is 13.2 Å². The lowest BCUT2D eigenvalue weighted by Gasteiger charge is -2.32. The Kier molecular flexibility index (Phi) is 3.66. The number of aliphatic hydroxyl groups is 1. The highest BCUT2D eigenvalue weighted by Gasteiger charge is 2.42. The maximum atomic E-state index is 12.1. The molecule has 1 aliphatic carbocycles. The van der Waals surface area contributed by atoms with Gasteiger partial charge in [-0.25, -0.2) is 0 Å². The minimum Gasteiger partial charge on any atom is -0.394 e. The van der Waals surface area contributed by atoms with E-state index in [0.717, 1.165) is 12.8 Å². The second-order valence-corrected chi connectivity index (χ2v) is 4.71. The number of hydrogen-bond donors (Lipinski definition) is 2. The molecule has 90 valence electrons. The van der Waals surface area contributed by atoms with Crippen molar-refractivity contribution in [1.29, 1.82) is 0 Å². The highest BCUT2D eigenvalue weighted by atomic mass is 19.4. The molecule has 0 aromatic carbocycles. The fourth-order valence-electron chi connectivity index (χ4n) is 1.97. The number of halogens is 3. The van der Waals surface area contributed by atoms with Crippen molar-refractivity contribution < 1.29 is 18.3 Å². The molecule has 2 atom stereocenters. The van der Waals surface area contributed by atoms with E-state index in [1.165, 1.54) is 6.92 Å². The first kappa shape index (κ1) is 12.8. The van der Waals surface area contributed by atoms with Gasteiger partial charge in [-0.2, -0.15) is 13.2 Å². The van der Waals surface area contributed by atoms with Crippen LogP contribution < -0.4 is 5.32 Å². The molecule has 0 spiro atoms. The summed E-state index contributed by atoms with van der Waals surface area (Å²) in [4.78, 5) is 0. The van der Waals surface area contributed by atoms with Crippen molar-refractivity contribution in [3.05, 3.63) is 0 Å². The largest absolute Gasteiger partial charge is 0.394 e. The van der Waals surface area contributed by atoms with Crippen molar-refractivity contribution in [1.82, 2.24) is 5.32 Å². The Hall–Kier alpha value is -0.290. The van der Waals surface area contributed by atoms with Crippen LogP contribution in [0.3, 0.4) is 0 Å². The Morgan fingerprint density at radius 2 is 1.93 bits per heavy atom. The quantitative estimate of drug-likeness (QED) is 0.750. The molecule has 15 heavy (non-hydrogen) atoms. The van der Waals surface area contributed by atoms with Crippen LogP contribution in [-0.4, -0.2) is 29.5 Å². The van der Waals surface area contributed by atoms with Gasteiger partial charge in [-0.3, -0.25) is 0 Å². The molecule has 5 heteroatoms. The lowest BCUT2D eigenvalue weighted by molar-refractivity contribution is -0.140. The number of alkyl halides is 3. The zero-order valence-corrected chi connectivity index (χ0v) is 9.06. The summed E-state index contributed by atoms with van der Waals surface area (Å²) in [6.07, 6.45) is -3.02. The van der Waals surface area contributed by atoms with Crippen LogP contribution in [0.2, 0.25) is 0 Å². The smallest absolute Gasteiger partial charge is 0.390 e. The highest BCUT2D eigenvalue weighted by Crippen LogP contribution is 2.39. The second kappa shape index (κ2) is 4.29. The van der Waals surface area contributed by atoms with Crippen LogP contribution in [0.15, 0.2) is 0 Å². The zero-order valence-electron chi connectivity index (χ0n) is 9.06. The van der Waals surface area contributed by atoms with Crippen molar-refractivity contribution in [2.45, 2.75) is 50.9 Å². The minimum atomic E-state index is -4.15. The van der Waals surface area contributed by atoms with Gasteiger partial charge >= 0.3 is 6.18 Å². The monoisotopic (exact) mass is 225 g/mol. The molecule has 1 fully saturated rings. The van der Waals surface area contributed by atoms with Gasteiger partial charge in [0.1, 0.15) is 0 Å². The van der Waals surface area contributed by atoms with Crippen LogP contribution >= 0.6 is 0 Å². The second-order valence-electron chi connectivity index (χ2n) is 4.71. The van der Waals surface area contributed by atoms with E-state index >= 15 is 0 Å². The predicted molar refractivity (Wildman–Crippen MR) is 51.5 cm³/mol. The van der Waals surface area contributed by atoms with Gasteiger partial charge in [-0.15, -0.1) is 0 Å². The Morgan fingerprint density at radius 1 is 1.40 bits per heavy atom. The molecular weight excluding hydrogens is 207 g/mol. The summed E-state index contributed by atoms with van der Waals surface area (Å²) in [5.41, 5.74) is -0.551.